The molecular formula is C23H19N3O4S. The number of furan rings is 1. The van der Waals surface area contributed by atoms with Crippen LogP contribution in [0.1, 0.15) is 21.5 Å². The van der Waals surface area contributed by atoms with E-state index >= 15 is 0 Å². The van der Waals surface area contributed by atoms with Gasteiger partial charge in [-0.2, -0.15) is 5.26 Å². The van der Waals surface area contributed by atoms with Crippen LogP contribution < -0.4 is 4.74 Å². The van der Waals surface area contributed by atoms with Gasteiger partial charge in [-0.1, -0.05) is 24.3 Å². The Morgan fingerprint density at radius 2 is 2.00 bits per heavy atom. The summed E-state index contributed by atoms with van der Waals surface area (Å²) in [4.78, 5) is 19.6. The molecule has 3 heterocycles. The monoisotopic (exact) mass is 433 g/mol. The molecule has 0 aliphatic rings. The highest BCUT2D eigenvalue weighted by molar-refractivity contribution is 7.13. The van der Waals surface area contributed by atoms with Crippen LogP contribution in [0.2, 0.25) is 0 Å². The fraction of sp³-hybridized carbons (Fsp3) is 0.130. The first-order valence-electron chi connectivity index (χ1n) is 9.14. The maximum Gasteiger partial charge on any atom is 0.233 e. The molecule has 0 spiro atoms. The van der Waals surface area contributed by atoms with Crippen LogP contribution in [0.15, 0.2) is 64.9 Å². The summed E-state index contributed by atoms with van der Waals surface area (Å²) >= 11 is 1.45. The second kappa shape index (κ2) is 10.8. The molecule has 0 N–H and O–H groups in total. The molecule has 31 heavy (non-hydrogen) atoms. The van der Waals surface area contributed by atoms with E-state index in [2.05, 4.69) is 20.8 Å². The average Bonchev–Trinajstić information content (AvgIpc) is 3.52. The van der Waals surface area contributed by atoms with Gasteiger partial charge in [0.2, 0.25) is 5.88 Å². The number of nitriles is 1. The van der Waals surface area contributed by atoms with E-state index in [0.29, 0.717) is 22.4 Å². The number of hydrogen-bond acceptors (Lipinski definition) is 8. The zero-order valence-electron chi connectivity index (χ0n) is 16.9. The standard InChI is InChI=1S/C21H13N3O3S.C2H6O/c22-10-18-17(16-5-7-26-13-16)9-19(21-23-6-8-28-21)24-20(18)27-12-15-3-1-14(11-25)2-4-15;1-3-2/h1-9,11,13H,12H2;1-2H3. The summed E-state index contributed by atoms with van der Waals surface area (Å²) in [5, 5.41) is 12.3. The Hall–Kier alpha value is -3.80. The minimum absolute atomic E-state index is 0.215. The SMILES string of the molecule is COC.N#Cc1c(-c2ccoc2)cc(-c2nccs2)nc1OCc1ccc(C=O)cc1. The lowest BCUT2D eigenvalue weighted by Gasteiger charge is -2.12. The van der Waals surface area contributed by atoms with E-state index in [9.17, 15) is 10.1 Å². The summed E-state index contributed by atoms with van der Waals surface area (Å²) in [5.74, 6) is 0.228. The third-order valence-electron chi connectivity index (χ3n) is 4.07. The lowest BCUT2D eigenvalue weighted by Crippen LogP contribution is -2.02. The van der Waals surface area contributed by atoms with Crippen LogP contribution in [0.25, 0.3) is 21.8 Å². The van der Waals surface area contributed by atoms with Gasteiger partial charge in [0.15, 0.2) is 0 Å². The normalized spacial score (nSPS) is 9.97. The van der Waals surface area contributed by atoms with Crippen molar-refractivity contribution >= 4 is 17.6 Å². The van der Waals surface area contributed by atoms with Crippen molar-refractivity contribution in [1.82, 2.24) is 9.97 Å². The predicted octanol–water partition coefficient (Wildman–Crippen LogP) is 4.99. The number of aromatic nitrogens is 2. The van der Waals surface area contributed by atoms with E-state index in [1.165, 1.54) is 11.3 Å². The Balaban J connectivity index is 0.000000858. The molecule has 4 aromatic rings. The Bertz CT molecular complexity index is 1150. The molecular weight excluding hydrogens is 414 g/mol. The lowest BCUT2D eigenvalue weighted by atomic mass is 10.0. The molecule has 0 fully saturated rings. The summed E-state index contributed by atoms with van der Waals surface area (Å²) in [6.07, 6.45) is 5.61. The second-order valence-electron chi connectivity index (χ2n) is 6.25. The first-order valence-corrected chi connectivity index (χ1v) is 10.0. The molecule has 0 saturated heterocycles. The molecule has 7 nitrogen and oxygen atoms in total. The van der Waals surface area contributed by atoms with Crippen LogP contribution in [-0.4, -0.2) is 30.5 Å². The Morgan fingerprint density at radius 3 is 2.58 bits per heavy atom. The molecule has 0 aliphatic carbocycles. The van der Waals surface area contributed by atoms with Crippen LogP contribution in [0.3, 0.4) is 0 Å². The molecule has 8 heteroatoms. The maximum atomic E-state index is 10.8. The van der Waals surface area contributed by atoms with E-state index in [1.54, 1.807) is 63.3 Å². The van der Waals surface area contributed by atoms with Gasteiger partial charge < -0.3 is 13.9 Å². The summed E-state index contributed by atoms with van der Waals surface area (Å²) in [6.45, 7) is 0.215. The fourth-order valence-electron chi connectivity index (χ4n) is 2.68. The van der Waals surface area contributed by atoms with Gasteiger partial charge in [-0.05, 0) is 17.7 Å². The number of ether oxygens (including phenoxy) is 2. The molecule has 0 saturated carbocycles. The van der Waals surface area contributed by atoms with Crippen molar-refractivity contribution in [2.24, 2.45) is 0 Å². The van der Waals surface area contributed by atoms with Gasteiger partial charge in [-0.15, -0.1) is 11.3 Å². The summed E-state index contributed by atoms with van der Waals surface area (Å²) in [5.41, 5.74) is 3.83. The number of carbonyl (C=O) groups is 1. The van der Waals surface area contributed by atoms with E-state index in [0.717, 1.165) is 22.4 Å². The van der Waals surface area contributed by atoms with Crippen molar-refractivity contribution in [2.75, 3.05) is 14.2 Å². The van der Waals surface area contributed by atoms with Crippen molar-refractivity contribution in [3.8, 4) is 33.8 Å². The van der Waals surface area contributed by atoms with E-state index < -0.39 is 0 Å². The smallest absolute Gasteiger partial charge is 0.233 e. The third kappa shape index (κ3) is 5.42. The highest BCUT2D eigenvalue weighted by Crippen LogP contribution is 2.34. The zero-order chi connectivity index (χ0) is 22.1. The molecule has 156 valence electrons. The fourth-order valence-corrected chi connectivity index (χ4v) is 3.28. The van der Waals surface area contributed by atoms with Gasteiger partial charge in [0.25, 0.3) is 0 Å². The quantitative estimate of drug-likeness (QED) is 0.395. The number of aldehydes is 1. The van der Waals surface area contributed by atoms with Crippen molar-refractivity contribution in [1.29, 1.82) is 5.26 Å². The topological polar surface area (TPSA) is 98.2 Å². The van der Waals surface area contributed by atoms with E-state index in [4.69, 9.17) is 9.15 Å². The van der Waals surface area contributed by atoms with Crippen LogP contribution >= 0.6 is 11.3 Å². The van der Waals surface area contributed by atoms with Gasteiger partial charge in [-0.25, -0.2) is 9.97 Å². The van der Waals surface area contributed by atoms with Gasteiger partial charge >= 0.3 is 0 Å². The maximum absolute atomic E-state index is 10.8. The molecule has 0 atom stereocenters. The summed E-state index contributed by atoms with van der Waals surface area (Å²) in [6, 6.07) is 12.8. The number of rotatable bonds is 6. The number of carbonyl (C=O) groups excluding carboxylic acids is 1. The van der Waals surface area contributed by atoms with E-state index in [-0.39, 0.29) is 12.5 Å². The Kier molecular flexibility index (Phi) is 7.65. The highest BCUT2D eigenvalue weighted by Gasteiger charge is 2.18. The molecule has 0 aliphatic heterocycles. The minimum atomic E-state index is 0.215. The van der Waals surface area contributed by atoms with Crippen LogP contribution in [-0.2, 0) is 11.3 Å². The Labute approximate surface area is 183 Å². The molecule has 0 unspecified atom stereocenters. The molecule has 0 bridgehead atoms. The first-order chi connectivity index (χ1) is 15.2. The van der Waals surface area contributed by atoms with Crippen molar-refractivity contribution in [2.45, 2.75) is 6.61 Å². The lowest BCUT2D eigenvalue weighted by molar-refractivity contribution is 0.112. The predicted molar refractivity (Wildman–Crippen MR) is 117 cm³/mol. The third-order valence-corrected chi connectivity index (χ3v) is 4.87. The number of nitrogens with zero attached hydrogens (tertiary/aromatic N) is 3. The van der Waals surface area contributed by atoms with Gasteiger partial charge in [0.1, 0.15) is 35.2 Å². The number of methoxy groups -OCH3 is 1. The minimum Gasteiger partial charge on any atom is -0.472 e. The van der Waals surface area contributed by atoms with Crippen molar-refractivity contribution < 1.29 is 18.7 Å². The van der Waals surface area contributed by atoms with Gasteiger partial charge in [-0.3, -0.25) is 4.79 Å². The Morgan fingerprint density at radius 1 is 1.23 bits per heavy atom. The molecule has 0 amide bonds. The van der Waals surface area contributed by atoms with Gasteiger partial charge in [0.05, 0.1) is 12.5 Å². The van der Waals surface area contributed by atoms with Crippen LogP contribution in [0, 0.1) is 11.3 Å². The summed E-state index contributed by atoms with van der Waals surface area (Å²) < 4.78 is 15.3. The number of benzene rings is 1. The molecule has 1 aromatic carbocycles. The van der Waals surface area contributed by atoms with E-state index in [1.807, 2.05) is 11.4 Å². The average molecular weight is 433 g/mol. The van der Waals surface area contributed by atoms with Crippen LogP contribution in [0.5, 0.6) is 5.88 Å². The molecule has 3 aromatic heterocycles. The number of hydrogen-bond donors (Lipinski definition) is 0. The number of thiazole rings is 1. The van der Waals surface area contributed by atoms with Crippen LogP contribution in [0.4, 0.5) is 0 Å². The molecule has 0 radical (unpaired) electrons. The van der Waals surface area contributed by atoms with Gasteiger partial charge in [0, 0.05) is 42.5 Å². The van der Waals surface area contributed by atoms with Crippen molar-refractivity contribution in [3.05, 3.63) is 77.2 Å². The number of pyridine rings is 1. The summed E-state index contributed by atoms with van der Waals surface area (Å²) in [7, 11) is 3.25. The second-order valence-corrected chi connectivity index (χ2v) is 7.15. The molecule has 4 rings (SSSR count). The highest BCUT2D eigenvalue weighted by atomic mass is 32.1. The largest absolute Gasteiger partial charge is 0.472 e. The van der Waals surface area contributed by atoms with Crippen molar-refractivity contribution in [3.63, 3.8) is 0 Å². The first kappa shape index (κ1) is 21.9. The zero-order valence-corrected chi connectivity index (χ0v) is 17.8.